The molecule has 2 N–H and O–H groups in total. The standard InChI is InChI=1S/C20H22FN3O2/c1-22-19(25)16-5-3-11-24(13-16)20(26)23-18-9-7-14(8-10-18)15-4-2-6-17(21)12-15/h2,4,6-10,12,16H,3,5,11,13H2,1H3,(H,22,25)(H,23,26). The molecule has 136 valence electrons. The maximum absolute atomic E-state index is 13.3. The van der Waals surface area contributed by atoms with Crippen LogP contribution in [0.3, 0.4) is 0 Å². The summed E-state index contributed by atoms with van der Waals surface area (Å²) in [6.07, 6.45) is 1.61. The third kappa shape index (κ3) is 4.20. The molecule has 1 atom stereocenters. The number of amides is 3. The van der Waals surface area contributed by atoms with Crippen molar-refractivity contribution in [2.75, 3.05) is 25.5 Å². The topological polar surface area (TPSA) is 61.4 Å². The molecule has 0 bridgehead atoms. The highest BCUT2D eigenvalue weighted by atomic mass is 19.1. The molecule has 3 rings (SSSR count). The van der Waals surface area contributed by atoms with E-state index < -0.39 is 0 Å². The van der Waals surface area contributed by atoms with E-state index in [-0.39, 0.29) is 23.7 Å². The van der Waals surface area contributed by atoms with Gasteiger partial charge in [0.05, 0.1) is 5.92 Å². The summed E-state index contributed by atoms with van der Waals surface area (Å²) < 4.78 is 13.3. The number of benzene rings is 2. The molecule has 0 radical (unpaired) electrons. The molecule has 6 heteroatoms. The third-order valence-corrected chi connectivity index (χ3v) is 4.62. The first-order valence-corrected chi connectivity index (χ1v) is 8.70. The molecule has 2 aromatic rings. The lowest BCUT2D eigenvalue weighted by Gasteiger charge is -2.31. The van der Waals surface area contributed by atoms with Crippen molar-refractivity contribution < 1.29 is 14.0 Å². The summed E-state index contributed by atoms with van der Waals surface area (Å²) in [7, 11) is 1.61. The molecular weight excluding hydrogens is 333 g/mol. The first-order valence-electron chi connectivity index (χ1n) is 8.70. The van der Waals surface area contributed by atoms with Gasteiger partial charge in [-0.05, 0) is 48.2 Å². The van der Waals surface area contributed by atoms with Gasteiger partial charge in [0.2, 0.25) is 5.91 Å². The molecule has 1 heterocycles. The highest BCUT2D eigenvalue weighted by Gasteiger charge is 2.27. The molecule has 2 aromatic carbocycles. The number of likely N-dealkylation sites (tertiary alicyclic amines) is 1. The van der Waals surface area contributed by atoms with E-state index >= 15 is 0 Å². The first-order chi connectivity index (χ1) is 12.6. The number of anilines is 1. The molecule has 0 aliphatic carbocycles. The van der Waals surface area contributed by atoms with Gasteiger partial charge in [-0.15, -0.1) is 0 Å². The highest BCUT2D eigenvalue weighted by Crippen LogP contribution is 2.23. The summed E-state index contributed by atoms with van der Waals surface area (Å²) in [6, 6.07) is 13.4. The second-order valence-corrected chi connectivity index (χ2v) is 6.42. The average molecular weight is 355 g/mol. The third-order valence-electron chi connectivity index (χ3n) is 4.62. The lowest BCUT2D eigenvalue weighted by atomic mass is 9.97. The second kappa shape index (κ2) is 7.99. The summed E-state index contributed by atoms with van der Waals surface area (Å²) in [5.41, 5.74) is 2.32. The van der Waals surface area contributed by atoms with Crippen LogP contribution < -0.4 is 10.6 Å². The Hall–Kier alpha value is -2.89. The van der Waals surface area contributed by atoms with Crippen molar-refractivity contribution in [1.82, 2.24) is 10.2 Å². The summed E-state index contributed by atoms with van der Waals surface area (Å²) in [5, 5.41) is 5.51. The molecule has 1 aliphatic rings. The molecule has 0 saturated carbocycles. The van der Waals surface area contributed by atoms with Crippen LogP contribution in [0.2, 0.25) is 0 Å². The Balaban J connectivity index is 1.63. The number of rotatable bonds is 3. The van der Waals surface area contributed by atoms with Gasteiger partial charge in [0, 0.05) is 25.8 Å². The fourth-order valence-electron chi connectivity index (χ4n) is 3.20. The monoisotopic (exact) mass is 355 g/mol. The Labute approximate surface area is 152 Å². The van der Waals surface area contributed by atoms with Crippen molar-refractivity contribution >= 4 is 17.6 Å². The molecule has 1 aliphatic heterocycles. The van der Waals surface area contributed by atoms with Gasteiger partial charge in [-0.25, -0.2) is 9.18 Å². The number of nitrogens with one attached hydrogen (secondary N) is 2. The van der Waals surface area contributed by atoms with E-state index in [0.29, 0.717) is 18.8 Å². The quantitative estimate of drug-likeness (QED) is 0.885. The van der Waals surface area contributed by atoms with Gasteiger partial charge < -0.3 is 15.5 Å². The van der Waals surface area contributed by atoms with E-state index in [2.05, 4.69) is 10.6 Å². The molecule has 0 spiro atoms. The van der Waals surface area contributed by atoms with E-state index in [1.54, 1.807) is 30.1 Å². The zero-order valence-corrected chi connectivity index (χ0v) is 14.7. The predicted molar refractivity (Wildman–Crippen MR) is 99.2 cm³/mol. The summed E-state index contributed by atoms with van der Waals surface area (Å²) in [4.78, 5) is 25.9. The molecule has 1 fully saturated rings. The van der Waals surface area contributed by atoms with Gasteiger partial charge >= 0.3 is 6.03 Å². The van der Waals surface area contributed by atoms with E-state index in [9.17, 15) is 14.0 Å². The Kier molecular flexibility index (Phi) is 5.51. The number of carbonyl (C=O) groups is 2. The Morgan fingerprint density at radius 2 is 1.88 bits per heavy atom. The fourth-order valence-corrected chi connectivity index (χ4v) is 3.20. The predicted octanol–water partition coefficient (Wildman–Crippen LogP) is 3.48. The maximum atomic E-state index is 13.3. The highest BCUT2D eigenvalue weighted by molar-refractivity contribution is 5.90. The Morgan fingerprint density at radius 1 is 1.12 bits per heavy atom. The van der Waals surface area contributed by atoms with Crippen LogP contribution in [0, 0.1) is 11.7 Å². The number of carbonyl (C=O) groups excluding carboxylic acids is 2. The number of hydrogen-bond donors (Lipinski definition) is 2. The molecule has 1 unspecified atom stereocenters. The largest absolute Gasteiger partial charge is 0.359 e. The van der Waals surface area contributed by atoms with Gasteiger partial charge in [0.25, 0.3) is 0 Å². The number of urea groups is 1. The minimum atomic E-state index is -0.282. The van der Waals surface area contributed by atoms with Crippen molar-refractivity contribution in [2.24, 2.45) is 5.92 Å². The van der Waals surface area contributed by atoms with Crippen LogP contribution >= 0.6 is 0 Å². The fraction of sp³-hybridized carbons (Fsp3) is 0.300. The second-order valence-electron chi connectivity index (χ2n) is 6.42. The van der Waals surface area contributed by atoms with Crippen LogP contribution in [0.1, 0.15) is 12.8 Å². The Morgan fingerprint density at radius 3 is 2.58 bits per heavy atom. The van der Waals surface area contributed by atoms with E-state index in [0.717, 1.165) is 24.0 Å². The molecule has 3 amide bonds. The number of hydrogen-bond acceptors (Lipinski definition) is 2. The molecule has 1 saturated heterocycles. The first kappa shape index (κ1) is 17.9. The average Bonchev–Trinajstić information content (AvgIpc) is 2.68. The van der Waals surface area contributed by atoms with Crippen molar-refractivity contribution in [3.63, 3.8) is 0 Å². The molecular formula is C20H22FN3O2. The maximum Gasteiger partial charge on any atom is 0.321 e. The van der Waals surface area contributed by atoms with Crippen molar-refractivity contribution in [1.29, 1.82) is 0 Å². The number of piperidine rings is 1. The van der Waals surface area contributed by atoms with Crippen LogP contribution in [0.5, 0.6) is 0 Å². The molecule has 5 nitrogen and oxygen atoms in total. The lowest BCUT2D eigenvalue weighted by molar-refractivity contribution is -0.125. The van der Waals surface area contributed by atoms with E-state index in [1.807, 2.05) is 18.2 Å². The van der Waals surface area contributed by atoms with Crippen LogP contribution in [-0.4, -0.2) is 37.0 Å². The van der Waals surface area contributed by atoms with Gasteiger partial charge in [0.1, 0.15) is 5.82 Å². The van der Waals surface area contributed by atoms with E-state index in [4.69, 9.17) is 0 Å². The smallest absolute Gasteiger partial charge is 0.321 e. The van der Waals surface area contributed by atoms with Gasteiger partial charge in [-0.2, -0.15) is 0 Å². The lowest BCUT2D eigenvalue weighted by Crippen LogP contribution is -2.46. The van der Waals surface area contributed by atoms with Gasteiger partial charge in [-0.3, -0.25) is 4.79 Å². The normalized spacial score (nSPS) is 16.8. The van der Waals surface area contributed by atoms with Crippen molar-refractivity contribution in [3.8, 4) is 11.1 Å². The van der Waals surface area contributed by atoms with Crippen molar-refractivity contribution in [2.45, 2.75) is 12.8 Å². The minimum Gasteiger partial charge on any atom is -0.359 e. The van der Waals surface area contributed by atoms with E-state index in [1.165, 1.54) is 12.1 Å². The van der Waals surface area contributed by atoms with Crippen LogP contribution in [0.15, 0.2) is 48.5 Å². The van der Waals surface area contributed by atoms with Gasteiger partial charge in [-0.1, -0.05) is 24.3 Å². The van der Waals surface area contributed by atoms with Gasteiger partial charge in [0.15, 0.2) is 0 Å². The summed E-state index contributed by atoms with van der Waals surface area (Å²) in [5.74, 6) is -0.465. The van der Waals surface area contributed by atoms with Crippen molar-refractivity contribution in [3.05, 3.63) is 54.3 Å². The number of halogens is 1. The van der Waals surface area contributed by atoms with Crippen LogP contribution in [0.25, 0.3) is 11.1 Å². The zero-order valence-electron chi connectivity index (χ0n) is 14.7. The summed E-state index contributed by atoms with van der Waals surface area (Å²) in [6.45, 7) is 1.06. The van der Waals surface area contributed by atoms with Crippen LogP contribution in [0.4, 0.5) is 14.9 Å². The summed E-state index contributed by atoms with van der Waals surface area (Å²) >= 11 is 0. The Bertz CT molecular complexity index is 792. The molecule has 0 aromatic heterocycles. The molecule has 26 heavy (non-hydrogen) atoms. The zero-order chi connectivity index (χ0) is 18.5. The minimum absolute atomic E-state index is 0.0260. The SMILES string of the molecule is CNC(=O)C1CCCN(C(=O)Nc2ccc(-c3cccc(F)c3)cc2)C1. The number of nitrogens with zero attached hydrogens (tertiary/aromatic N) is 1. The van der Waals surface area contributed by atoms with Crippen LogP contribution in [-0.2, 0) is 4.79 Å².